The van der Waals surface area contributed by atoms with E-state index in [0.29, 0.717) is 13.0 Å². The summed E-state index contributed by atoms with van der Waals surface area (Å²) in [5.41, 5.74) is 2.06. The molecule has 0 atom stereocenters. The van der Waals surface area contributed by atoms with Crippen LogP contribution in [-0.4, -0.2) is 12.9 Å². The largest absolute Gasteiger partial charge is 0.492 e. The zero-order chi connectivity index (χ0) is 10.6. The van der Waals surface area contributed by atoms with Crippen molar-refractivity contribution >= 4 is 22.2 Å². The molecule has 1 aromatic rings. The van der Waals surface area contributed by atoms with Gasteiger partial charge in [0.05, 0.1) is 11.1 Å². The SMILES string of the molecule is CCOc1c(Br)cc(C)cc1CC=O. The highest BCUT2D eigenvalue weighted by Crippen LogP contribution is 2.30. The van der Waals surface area contributed by atoms with Gasteiger partial charge in [0, 0.05) is 12.0 Å². The molecular weight excluding hydrogens is 244 g/mol. The minimum atomic E-state index is 0.398. The average molecular weight is 257 g/mol. The van der Waals surface area contributed by atoms with Crippen LogP contribution in [0.1, 0.15) is 18.1 Å². The van der Waals surface area contributed by atoms with E-state index in [1.807, 2.05) is 26.0 Å². The summed E-state index contributed by atoms with van der Waals surface area (Å²) in [7, 11) is 0. The number of aldehydes is 1. The lowest BCUT2D eigenvalue weighted by atomic mass is 10.1. The Morgan fingerprint density at radius 2 is 2.21 bits per heavy atom. The number of aryl methyl sites for hydroxylation is 1. The predicted octanol–water partition coefficient (Wildman–Crippen LogP) is 2.90. The first-order chi connectivity index (χ1) is 6.69. The van der Waals surface area contributed by atoms with Crippen molar-refractivity contribution in [2.45, 2.75) is 20.3 Å². The molecule has 76 valence electrons. The van der Waals surface area contributed by atoms with Gasteiger partial charge in [-0.3, -0.25) is 0 Å². The molecule has 0 heterocycles. The quantitative estimate of drug-likeness (QED) is 0.775. The number of carbonyl (C=O) groups is 1. The first-order valence-corrected chi connectivity index (χ1v) is 5.33. The lowest BCUT2D eigenvalue weighted by Crippen LogP contribution is -1.99. The Bertz CT molecular complexity index is 334. The van der Waals surface area contributed by atoms with Crippen molar-refractivity contribution in [1.82, 2.24) is 0 Å². The molecule has 0 aromatic heterocycles. The third kappa shape index (κ3) is 2.58. The van der Waals surface area contributed by atoms with Crippen molar-refractivity contribution in [3.63, 3.8) is 0 Å². The van der Waals surface area contributed by atoms with Crippen LogP contribution in [0.5, 0.6) is 5.75 Å². The van der Waals surface area contributed by atoms with Gasteiger partial charge in [0.25, 0.3) is 0 Å². The highest BCUT2D eigenvalue weighted by molar-refractivity contribution is 9.10. The number of carbonyl (C=O) groups excluding carboxylic acids is 1. The van der Waals surface area contributed by atoms with Gasteiger partial charge in [-0.25, -0.2) is 0 Å². The standard InChI is InChI=1S/C11H13BrO2/c1-3-14-11-9(4-5-13)6-8(2)7-10(11)12/h5-7H,3-4H2,1-2H3. The summed E-state index contributed by atoms with van der Waals surface area (Å²) >= 11 is 3.43. The first kappa shape index (κ1) is 11.2. The summed E-state index contributed by atoms with van der Waals surface area (Å²) in [6.45, 7) is 4.53. The fourth-order valence-electron chi connectivity index (χ4n) is 1.35. The Kier molecular flexibility index (Phi) is 4.14. The Morgan fingerprint density at radius 1 is 1.50 bits per heavy atom. The maximum atomic E-state index is 10.5. The van der Waals surface area contributed by atoms with Crippen molar-refractivity contribution in [3.05, 3.63) is 27.7 Å². The molecular formula is C11H13BrO2. The summed E-state index contributed by atoms with van der Waals surface area (Å²) in [4.78, 5) is 10.5. The summed E-state index contributed by atoms with van der Waals surface area (Å²) in [6.07, 6.45) is 1.29. The van der Waals surface area contributed by atoms with E-state index in [-0.39, 0.29) is 0 Å². The molecule has 0 saturated heterocycles. The Labute approximate surface area is 92.4 Å². The van der Waals surface area contributed by atoms with Crippen LogP contribution in [0.25, 0.3) is 0 Å². The molecule has 0 amide bonds. The summed E-state index contributed by atoms with van der Waals surface area (Å²) in [5, 5.41) is 0. The fraction of sp³-hybridized carbons (Fsp3) is 0.364. The molecule has 14 heavy (non-hydrogen) atoms. The van der Waals surface area contributed by atoms with Crippen molar-refractivity contribution < 1.29 is 9.53 Å². The second kappa shape index (κ2) is 5.15. The third-order valence-corrected chi connectivity index (χ3v) is 2.45. The summed E-state index contributed by atoms with van der Waals surface area (Å²) in [5.74, 6) is 0.783. The van der Waals surface area contributed by atoms with Gasteiger partial charge < -0.3 is 9.53 Å². The summed E-state index contributed by atoms with van der Waals surface area (Å²) < 4.78 is 6.38. The van der Waals surface area contributed by atoms with Gasteiger partial charge in [0.2, 0.25) is 0 Å². The lowest BCUT2D eigenvalue weighted by Gasteiger charge is -2.11. The third-order valence-electron chi connectivity index (χ3n) is 1.86. The Hall–Kier alpha value is -0.830. The number of rotatable bonds is 4. The van der Waals surface area contributed by atoms with E-state index in [1.165, 1.54) is 0 Å². The molecule has 0 radical (unpaired) electrons. The number of benzene rings is 1. The van der Waals surface area contributed by atoms with E-state index in [0.717, 1.165) is 27.6 Å². The lowest BCUT2D eigenvalue weighted by molar-refractivity contribution is -0.107. The van der Waals surface area contributed by atoms with Gasteiger partial charge in [-0.2, -0.15) is 0 Å². The predicted molar refractivity (Wildman–Crippen MR) is 59.8 cm³/mol. The smallest absolute Gasteiger partial charge is 0.137 e. The second-order valence-corrected chi connectivity index (χ2v) is 3.89. The molecule has 0 unspecified atom stereocenters. The Morgan fingerprint density at radius 3 is 2.79 bits per heavy atom. The fourth-order valence-corrected chi connectivity index (χ4v) is 2.08. The van der Waals surface area contributed by atoms with Crippen molar-refractivity contribution in [2.75, 3.05) is 6.61 Å². The number of hydrogen-bond acceptors (Lipinski definition) is 2. The number of halogens is 1. The molecule has 0 spiro atoms. The highest BCUT2D eigenvalue weighted by atomic mass is 79.9. The number of ether oxygens (including phenoxy) is 1. The van der Waals surface area contributed by atoms with Gasteiger partial charge in [0.1, 0.15) is 12.0 Å². The normalized spacial score (nSPS) is 9.93. The van der Waals surface area contributed by atoms with Crippen molar-refractivity contribution in [1.29, 1.82) is 0 Å². The maximum absolute atomic E-state index is 10.5. The highest BCUT2D eigenvalue weighted by Gasteiger charge is 2.08. The van der Waals surface area contributed by atoms with Gasteiger partial charge in [-0.1, -0.05) is 6.07 Å². The molecule has 0 N–H and O–H groups in total. The van der Waals surface area contributed by atoms with Crippen LogP contribution in [0, 0.1) is 6.92 Å². The van der Waals surface area contributed by atoms with Crippen LogP contribution < -0.4 is 4.74 Å². The zero-order valence-corrected chi connectivity index (χ0v) is 9.93. The molecule has 0 aliphatic carbocycles. The van der Waals surface area contributed by atoms with E-state index in [9.17, 15) is 4.79 Å². The molecule has 1 aromatic carbocycles. The minimum absolute atomic E-state index is 0.398. The van der Waals surface area contributed by atoms with Crippen molar-refractivity contribution in [3.8, 4) is 5.75 Å². The minimum Gasteiger partial charge on any atom is -0.492 e. The van der Waals surface area contributed by atoms with Crippen LogP contribution >= 0.6 is 15.9 Å². The van der Waals surface area contributed by atoms with Crippen molar-refractivity contribution in [2.24, 2.45) is 0 Å². The molecule has 0 fully saturated rings. The molecule has 0 aliphatic heterocycles. The van der Waals surface area contributed by atoms with E-state index >= 15 is 0 Å². The Balaban J connectivity index is 3.13. The maximum Gasteiger partial charge on any atom is 0.137 e. The van der Waals surface area contributed by atoms with Crippen LogP contribution in [0.15, 0.2) is 16.6 Å². The second-order valence-electron chi connectivity index (χ2n) is 3.04. The van der Waals surface area contributed by atoms with Gasteiger partial charge in [-0.05, 0) is 41.4 Å². The van der Waals surface area contributed by atoms with Crippen LogP contribution in [0.2, 0.25) is 0 Å². The van der Waals surface area contributed by atoms with E-state index in [4.69, 9.17) is 4.74 Å². The summed E-state index contributed by atoms with van der Waals surface area (Å²) in [6, 6.07) is 3.96. The average Bonchev–Trinajstić information content (AvgIpc) is 2.11. The van der Waals surface area contributed by atoms with Gasteiger partial charge >= 0.3 is 0 Å². The number of hydrogen-bond donors (Lipinski definition) is 0. The molecule has 0 bridgehead atoms. The van der Waals surface area contributed by atoms with Crippen LogP contribution in [0.3, 0.4) is 0 Å². The van der Waals surface area contributed by atoms with Crippen LogP contribution in [-0.2, 0) is 11.2 Å². The van der Waals surface area contributed by atoms with Gasteiger partial charge in [0.15, 0.2) is 0 Å². The van der Waals surface area contributed by atoms with E-state index < -0.39 is 0 Å². The van der Waals surface area contributed by atoms with E-state index in [1.54, 1.807) is 0 Å². The zero-order valence-electron chi connectivity index (χ0n) is 8.34. The molecule has 1 rings (SSSR count). The van der Waals surface area contributed by atoms with E-state index in [2.05, 4.69) is 15.9 Å². The molecule has 0 saturated carbocycles. The molecule has 3 heteroatoms. The van der Waals surface area contributed by atoms with Gasteiger partial charge in [-0.15, -0.1) is 0 Å². The first-order valence-electron chi connectivity index (χ1n) is 4.54. The monoisotopic (exact) mass is 256 g/mol. The topological polar surface area (TPSA) is 26.3 Å². The molecule has 0 aliphatic rings. The molecule has 2 nitrogen and oxygen atoms in total. The van der Waals surface area contributed by atoms with Crippen LogP contribution in [0.4, 0.5) is 0 Å².